The molecule has 1 aliphatic rings. The third-order valence-electron chi connectivity index (χ3n) is 3.90. The molecule has 0 saturated heterocycles. The second kappa shape index (κ2) is 5.17. The monoisotopic (exact) mass is 298 g/mol. The molecular weight excluding hydrogens is 280 g/mol. The van der Waals surface area contributed by atoms with Crippen LogP contribution in [0.15, 0.2) is 6.07 Å². The van der Waals surface area contributed by atoms with E-state index >= 15 is 0 Å². The molecule has 0 bridgehead atoms. The molecule has 0 amide bonds. The minimum atomic E-state index is -0.817. The van der Waals surface area contributed by atoms with Crippen LogP contribution >= 0.6 is 11.6 Å². The van der Waals surface area contributed by atoms with Gasteiger partial charge in [-0.05, 0) is 36.0 Å². The van der Waals surface area contributed by atoms with Gasteiger partial charge in [0.2, 0.25) is 0 Å². The number of hydrogen-bond donors (Lipinski definition) is 1. The quantitative estimate of drug-likeness (QED) is 0.902. The molecule has 0 aromatic heterocycles. The molecule has 0 unspecified atom stereocenters. The summed E-state index contributed by atoms with van der Waals surface area (Å²) in [5.74, 6) is 0.240. The number of carboxylic acids is 1. The van der Waals surface area contributed by atoms with Crippen LogP contribution in [0.5, 0.6) is 11.5 Å². The summed E-state index contributed by atoms with van der Waals surface area (Å²) in [6.45, 7) is 3.99. The number of methoxy groups -OCH3 is 2. The van der Waals surface area contributed by atoms with E-state index in [0.29, 0.717) is 29.4 Å². The van der Waals surface area contributed by atoms with Crippen molar-refractivity contribution in [1.82, 2.24) is 0 Å². The van der Waals surface area contributed by atoms with E-state index in [0.717, 1.165) is 11.1 Å². The molecular formula is C15H19ClO4. The van der Waals surface area contributed by atoms with Crippen molar-refractivity contribution >= 4 is 17.6 Å². The molecule has 0 atom stereocenters. The van der Waals surface area contributed by atoms with E-state index in [1.807, 2.05) is 13.8 Å². The number of halogens is 1. The maximum absolute atomic E-state index is 11.6. The van der Waals surface area contributed by atoms with E-state index in [9.17, 15) is 9.90 Å². The van der Waals surface area contributed by atoms with E-state index in [2.05, 4.69) is 0 Å². The number of hydrogen-bond acceptors (Lipinski definition) is 3. The Balaban J connectivity index is 2.73. The summed E-state index contributed by atoms with van der Waals surface area (Å²) < 4.78 is 10.6. The Morgan fingerprint density at radius 3 is 2.30 bits per heavy atom. The highest BCUT2D eigenvalue weighted by Crippen LogP contribution is 2.55. The summed E-state index contributed by atoms with van der Waals surface area (Å²) in [6.07, 6.45) is 1.27. The van der Waals surface area contributed by atoms with Crippen LogP contribution in [-0.4, -0.2) is 25.3 Å². The number of ether oxygens (including phenoxy) is 2. The van der Waals surface area contributed by atoms with Gasteiger partial charge >= 0.3 is 5.97 Å². The summed E-state index contributed by atoms with van der Waals surface area (Å²) in [5.41, 5.74) is 0.773. The molecule has 0 radical (unpaired) electrons. The first kappa shape index (κ1) is 15.0. The molecule has 0 heterocycles. The average Bonchev–Trinajstić information content (AvgIpc) is 3.18. The molecule has 110 valence electrons. The fraction of sp³-hybridized carbons (Fsp3) is 0.533. The van der Waals surface area contributed by atoms with Crippen molar-refractivity contribution in [3.05, 3.63) is 22.2 Å². The van der Waals surface area contributed by atoms with Gasteiger partial charge in [0, 0.05) is 0 Å². The fourth-order valence-corrected chi connectivity index (χ4v) is 3.14. The number of benzene rings is 1. The molecule has 1 fully saturated rings. The maximum atomic E-state index is 11.6. The van der Waals surface area contributed by atoms with Crippen LogP contribution in [-0.2, 0) is 10.2 Å². The van der Waals surface area contributed by atoms with Gasteiger partial charge in [-0.2, -0.15) is 0 Å². The van der Waals surface area contributed by atoms with Gasteiger partial charge < -0.3 is 14.6 Å². The third kappa shape index (κ3) is 2.12. The number of aliphatic carboxylic acids is 1. The minimum Gasteiger partial charge on any atom is -0.493 e. The fourth-order valence-electron chi connectivity index (χ4n) is 2.65. The van der Waals surface area contributed by atoms with Crippen molar-refractivity contribution in [3.8, 4) is 11.5 Å². The molecule has 0 spiro atoms. The Bertz CT molecular complexity index is 547. The van der Waals surface area contributed by atoms with Crippen LogP contribution in [0.2, 0.25) is 5.02 Å². The minimum absolute atomic E-state index is 0.106. The highest BCUT2D eigenvalue weighted by molar-refractivity contribution is 6.33. The van der Waals surface area contributed by atoms with E-state index in [-0.39, 0.29) is 5.92 Å². The molecule has 1 N–H and O–H groups in total. The summed E-state index contributed by atoms with van der Waals surface area (Å²) >= 11 is 6.43. The van der Waals surface area contributed by atoms with Gasteiger partial charge in [0.05, 0.1) is 24.7 Å². The number of carbonyl (C=O) groups is 1. The van der Waals surface area contributed by atoms with Crippen molar-refractivity contribution in [2.24, 2.45) is 0 Å². The zero-order valence-corrected chi connectivity index (χ0v) is 12.9. The third-order valence-corrected chi connectivity index (χ3v) is 4.28. The van der Waals surface area contributed by atoms with E-state index in [4.69, 9.17) is 21.1 Å². The lowest BCUT2D eigenvalue weighted by Gasteiger charge is -2.23. The highest BCUT2D eigenvalue weighted by Gasteiger charge is 2.53. The second-order valence-electron chi connectivity index (χ2n) is 5.43. The van der Waals surface area contributed by atoms with Gasteiger partial charge in [0.1, 0.15) is 0 Å². The van der Waals surface area contributed by atoms with Gasteiger partial charge in [0.25, 0.3) is 0 Å². The van der Waals surface area contributed by atoms with E-state index in [1.165, 1.54) is 14.2 Å². The van der Waals surface area contributed by atoms with Gasteiger partial charge in [-0.3, -0.25) is 4.79 Å². The molecule has 0 aliphatic heterocycles. The van der Waals surface area contributed by atoms with Crippen molar-refractivity contribution in [1.29, 1.82) is 0 Å². The Morgan fingerprint density at radius 2 is 1.95 bits per heavy atom. The molecule has 1 aromatic rings. The summed E-state index contributed by atoms with van der Waals surface area (Å²) in [5, 5.41) is 9.98. The molecule has 20 heavy (non-hydrogen) atoms. The van der Waals surface area contributed by atoms with Gasteiger partial charge in [-0.25, -0.2) is 0 Å². The molecule has 4 nitrogen and oxygen atoms in total. The lowest BCUT2D eigenvalue weighted by atomic mass is 9.86. The van der Waals surface area contributed by atoms with Gasteiger partial charge in [-0.1, -0.05) is 25.4 Å². The van der Waals surface area contributed by atoms with Crippen molar-refractivity contribution < 1.29 is 19.4 Å². The predicted molar refractivity (Wildman–Crippen MR) is 77.2 cm³/mol. The molecule has 1 aromatic carbocycles. The topological polar surface area (TPSA) is 55.8 Å². The normalized spacial score (nSPS) is 16.1. The SMILES string of the molecule is COc1cc(C2(C(=O)O)CC2)c(C(C)C)c(Cl)c1OC. The largest absolute Gasteiger partial charge is 0.493 e. The van der Waals surface area contributed by atoms with Crippen molar-refractivity contribution in [2.45, 2.75) is 38.0 Å². The zero-order valence-electron chi connectivity index (χ0n) is 12.1. The first-order valence-electron chi connectivity index (χ1n) is 6.57. The number of carboxylic acid groups (broad SMARTS) is 1. The van der Waals surface area contributed by atoms with E-state index < -0.39 is 11.4 Å². The van der Waals surface area contributed by atoms with Gasteiger partial charge in [0.15, 0.2) is 11.5 Å². The Labute approximate surface area is 123 Å². The first-order chi connectivity index (χ1) is 9.39. The number of rotatable bonds is 5. The smallest absolute Gasteiger partial charge is 0.314 e. The van der Waals surface area contributed by atoms with Crippen LogP contribution in [0.25, 0.3) is 0 Å². The molecule has 1 saturated carbocycles. The predicted octanol–water partition coefficient (Wildman–Crippen LogP) is 3.60. The molecule has 1 aliphatic carbocycles. The molecule has 2 rings (SSSR count). The van der Waals surface area contributed by atoms with E-state index in [1.54, 1.807) is 6.07 Å². The summed E-state index contributed by atoms with van der Waals surface area (Å²) in [4.78, 5) is 11.6. The Morgan fingerprint density at radius 1 is 1.35 bits per heavy atom. The highest BCUT2D eigenvalue weighted by atomic mass is 35.5. The van der Waals surface area contributed by atoms with Crippen molar-refractivity contribution in [2.75, 3.05) is 14.2 Å². The average molecular weight is 299 g/mol. The lowest BCUT2D eigenvalue weighted by molar-refractivity contribution is -0.140. The van der Waals surface area contributed by atoms with Gasteiger partial charge in [-0.15, -0.1) is 0 Å². The first-order valence-corrected chi connectivity index (χ1v) is 6.95. The summed E-state index contributed by atoms with van der Waals surface area (Å²) in [6, 6.07) is 1.77. The Hall–Kier alpha value is -1.42. The van der Waals surface area contributed by atoms with Crippen LogP contribution in [0, 0.1) is 0 Å². The van der Waals surface area contributed by atoms with Crippen molar-refractivity contribution in [3.63, 3.8) is 0 Å². The summed E-state index contributed by atoms with van der Waals surface area (Å²) in [7, 11) is 3.05. The standard InChI is InChI=1S/C15H19ClO4/c1-8(2)11-9(15(5-6-15)14(17)18)7-10(19-3)13(20-4)12(11)16/h7-8H,5-6H2,1-4H3,(H,17,18). The zero-order chi connectivity index (χ0) is 15.1. The van der Waals surface area contributed by atoms with Crippen LogP contribution in [0.3, 0.4) is 0 Å². The molecule has 5 heteroatoms. The van der Waals surface area contributed by atoms with Crippen LogP contribution in [0.1, 0.15) is 43.7 Å². The Kier molecular flexibility index (Phi) is 3.87. The maximum Gasteiger partial charge on any atom is 0.314 e. The second-order valence-corrected chi connectivity index (χ2v) is 5.81. The lowest BCUT2D eigenvalue weighted by Crippen LogP contribution is -2.22. The van der Waals surface area contributed by atoms with Crippen LogP contribution in [0.4, 0.5) is 0 Å². The van der Waals surface area contributed by atoms with Crippen LogP contribution < -0.4 is 9.47 Å².